The van der Waals surface area contributed by atoms with Gasteiger partial charge in [-0.15, -0.1) is 11.3 Å². The average Bonchev–Trinajstić information content (AvgIpc) is 3.12. The van der Waals surface area contributed by atoms with Crippen LogP contribution in [0.3, 0.4) is 0 Å². The van der Waals surface area contributed by atoms with Gasteiger partial charge >= 0.3 is 6.09 Å². The summed E-state index contributed by atoms with van der Waals surface area (Å²) >= 11 is 1.42. The maximum atomic E-state index is 14.0. The van der Waals surface area contributed by atoms with Crippen LogP contribution >= 0.6 is 11.3 Å². The zero-order valence-electron chi connectivity index (χ0n) is 16.7. The van der Waals surface area contributed by atoms with E-state index in [0.29, 0.717) is 11.4 Å². The fraction of sp³-hybridized carbons (Fsp3) is 0.238. The number of pyridine rings is 1. The van der Waals surface area contributed by atoms with Gasteiger partial charge in [-0.3, -0.25) is 15.1 Å². The molecular weight excluding hydrogens is 407 g/mol. The fourth-order valence-corrected chi connectivity index (χ4v) is 3.30. The van der Waals surface area contributed by atoms with Crippen LogP contribution in [0.1, 0.15) is 26.5 Å². The maximum Gasteiger partial charge on any atom is 0.412 e. The van der Waals surface area contributed by atoms with Crippen molar-refractivity contribution >= 4 is 34.7 Å². The molecule has 2 aromatic heterocycles. The SMILES string of the molecule is CC(C)(C)OC(=O)Nc1cc(NC(=O)Cc2csc(-c3cccnc3)n2)ccc1F. The molecule has 0 unspecified atom stereocenters. The highest BCUT2D eigenvalue weighted by atomic mass is 32.1. The van der Waals surface area contributed by atoms with Gasteiger partial charge in [0.1, 0.15) is 16.4 Å². The zero-order valence-corrected chi connectivity index (χ0v) is 17.5. The number of amides is 2. The first-order valence-electron chi connectivity index (χ1n) is 9.14. The molecule has 0 atom stereocenters. The molecule has 0 radical (unpaired) electrons. The molecular formula is C21H21FN4O3S. The van der Waals surface area contributed by atoms with E-state index < -0.39 is 17.5 Å². The smallest absolute Gasteiger partial charge is 0.412 e. The summed E-state index contributed by atoms with van der Waals surface area (Å²) in [6.45, 7) is 5.12. The normalized spacial score (nSPS) is 11.1. The summed E-state index contributed by atoms with van der Waals surface area (Å²) in [5.74, 6) is -0.952. The van der Waals surface area contributed by atoms with Crippen molar-refractivity contribution < 1.29 is 18.7 Å². The minimum Gasteiger partial charge on any atom is -0.444 e. The predicted octanol–water partition coefficient (Wildman–Crippen LogP) is 4.87. The van der Waals surface area contributed by atoms with E-state index in [4.69, 9.17) is 4.74 Å². The molecule has 0 fully saturated rings. The zero-order chi connectivity index (χ0) is 21.7. The van der Waals surface area contributed by atoms with Gasteiger partial charge in [0.2, 0.25) is 5.91 Å². The van der Waals surface area contributed by atoms with Crippen LogP contribution in [-0.2, 0) is 16.0 Å². The third-order valence-corrected chi connectivity index (χ3v) is 4.63. The standard InChI is InChI=1S/C21H21FN4O3S/c1-21(2,3)29-20(28)26-17-9-14(6-7-16(17)22)24-18(27)10-15-12-30-19(25-15)13-5-4-8-23-11-13/h4-9,11-12H,10H2,1-3H3,(H,24,27)(H,26,28). The van der Waals surface area contributed by atoms with Crippen molar-refractivity contribution in [1.82, 2.24) is 9.97 Å². The lowest BCUT2D eigenvalue weighted by atomic mass is 10.2. The Morgan fingerprint density at radius 2 is 2.00 bits per heavy atom. The number of hydrogen-bond donors (Lipinski definition) is 2. The third-order valence-electron chi connectivity index (χ3n) is 3.69. The average molecular weight is 428 g/mol. The largest absolute Gasteiger partial charge is 0.444 e. The highest BCUT2D eigenvalue weighted by Gasteiger charge is 2.18. The lowest BCUT2D eigenvalue weighted by Crippen LogP contribution is -2.27. The van der Waals surface area contributed by atoms with Crippen LogP contribution in [-0.4, -0.2) is 27.6 Å². The van der Waals surface area contributed by atoms with Gasteiger partial charge in [0.25, 0.3) is 0 Å². The van der Waals surface area contributed by atoms with E-state index in [9.17, 15) is 14.0 Å². The number of hydrogen-bond acceptors (Lipinski definition) is 6. The van der Waals surface area contributed by atoms with Gasteiger partial charge in [0.15, 0.2) is 0 Å². The van der Waals surface area contributed by atoms with Gasteiger partial charge in [-0.1, -0.05) is 0 Å². The first kappa shape index (κ1) is 21.4. The Balaban J connectivity index is 1.63. The molecule has 30 heavy (non-hydrogen) atoms. The molecule has 0 saturated heterocycles. The summed E-state index contributed by atoms with van der Waals surface area (Å²) in [4.78, 5) is 32.8. The van der Waals surface area contributed by atoms with Crippen LogP contribution < -0.4 is 10.6 Å². The number of nitrogens with one attached hydrogen (secondary N) is 2. The van der Waals surface area contributed by atoms with E-state index in [2.05, 4.69) is 20.6 Å². The number of thiazole rings is 1. The molecule has 3 aromatic rings. The van der Waals surface area contributed by atoms with Crippen molar-refractivity contribution in [3.05, 3.63) is 59.6 Å². The summed E-state index contributed by atoms with van der Waals surface area (Å²) in [6.07, 6.45) is 2.67. The predicted molar refractivity (Wildman–Crippen MR) is 114 cm³/mol. The molecule has 156 valence electrons. The van der Waals surface area contributed by atoms with Gasteiger partial charge in [-0.05, 0) is 51.1 Å². The maximum absolute atomic E-state index is 14.0. The second-order valence-corrected chi connectivity index (χ2v) is 8.29. The van der Waals surface area contributed by atoms with E-state index in [-0.39, 0.29) is 18.0 Å². The van der Waals surface area contributed by atoms with Crippen LogP contribution in [0.5, 0.6) is 0 Å². The topological polar surface area (TPSA) is 93.2 Å². The van der Waals surface area contributed by atoms with E-state index >= 15 is 0 Å². The number of carbonyl (C=O) groups is 2. The van der Waals surface area contributed by atoms with Crippen molar-refractivity contribution in [2.45, 2.75) is 32.8 Å². The summed E-state index contributed by atoms with van der Waals surface area (Å²) < 4.78 is 19.1. The molecule has 7 nitrogen and oxygen atoms in total. The number of rotatable bonds is 5. The summed E-state index contributed by atoms with van der Waals surface area (Å²) in [5.41, 5.74) is 1.04. The van der Waals surface area contributed by atoms with E-state index in [0.717, 1.165) is 16.6 Å². The molecule has 0 aliphatic heterocycles. The van der Waals surface area contributed by atoms with Crippen LogP contribution in [0, 0.1) is 5.82 Å². The molecule has 2 N–H and O–H groups in total. The molecule has 0 aliphatic rings. The van der Waals surface area contributed by atoms with Crippen molar-refractivity contribution in [3.63, 3.8) is 0 Å². The van der Waals surface area contributed by atoms with E-state index in [1.165, 1.54) is 23.5 Å². The number of ether oxygens (including phenoxy) is 1. The van der Waals surface area contributed by atoms with Crippen molar-refractivity contribution in [2.75, 3.05) is 10.6 Å². The Hall–Kier alpha value is -3.33. The number of nitrogens with zero attached hydrogens (tertiary/aromatic N) is 2. The Labute approximate surface area is 177 Å². The Morgan fingerprint density at radius 1 is 1.20 bits per heavy atom. The number of benzene rings is 1. The lowest BCUT2D eigenvalue weighted by molar-refractivity contribution is -0.115. The van der Waals surface area contributed by atoms with Crippen LogP contribution in [0.15, 0.2) is 48.1 Å². The van der Waals surface area contributed by atoms with Gasteiger partial charge in [0.05, 0.1) is 17.8 Å². The molecule has 1 aromatic carbocycles. The fourth-order valence-electron chi connectivity index (χ4n) is 2.49. The van der Waals surface area contributed by atoms with Crippen molar-refractivity contribution in [1.29, 1.82) is 0 Å². The molecule has 2 heterocycles. The second-order valence-electron chi connectivity index (χ2n) is 7.43. The second kappa shape index (κ2) is 9.00. The third kappa shape index (κ3) is 6.08. The summed E-state index contributed by atoms with van der Waals surface area (Å²) in [5, 5.41) is 7.61. The van der Waals surface area contributed by atoms with Gasteiger partial charge in [0, 0.05) is 29.0 Å². The number of halogens is 1. The Morgan fingerprint density at radius 3 is 2.70 bits per heavy atom. The number of carbonyl (C=O) groups excluding carboxylic acids is 2. The van der Waals surface area contributed by atoms with Gasteiger partial charge < -0.3 is 10.1 Å². The molecule has 2 amide bonds. The van der Waals surface area contributed by atoms with Crippen LogP contribution in [0.25, 0.3) is 10.6 Å². The van der Waals surface area contributed by atoms with Gasteiger partial charge in [-0.2, -0.15) is 0 Å². The van der Waals surface area contributed by atoms with Gasteiger partial charge in [-0.25, -0.2) is 14.2 Å². The van der Waals surface area contributed by atoms with Crippen molar-refractivity contribution in [2.24, 2.45) is 0 Å². The number of aromatic nitrogens is 2. The summed E-state index contributed by atoms with van der Waals surface area (Å²) in [6, 6.07) is 7.62. The Bertz CT molecular complexity index is 1050. The highest BCUT2D eigenvalue weighted by Crippen LogP contribution is 2.24. The molecule has 3 rings (SSSR count). The molecule has 0 bridgehead atoms. The quantitative estimate of drug-likeness (QED) is 0.605. The first-order chi connectivity index (χ1) is 14.2. The molecule has 9 heteroatoms. The van der Waals surface area contributed by atoms with Crippen LogP contribution in [0.4, 0.5) is 20.6 Å². The van der Waals surface area contributed by atoms with E-state index in [1.807, 2.05) is 17.5 Å². The van der Waals surface area contributed by atoms with Crippen LogP contribution in [0.2, 0.25) is 0 Å². The van der Waals surface area contributed by atoms with Crippen molar-refractivity contribution in [3.8, 4) is 10.6 Å². The summed E-state index contributed by atoms with van der Waals surface area (Å²) in [7, 11) is 0. The lowest BCUT2D eigenvalue weighted by Gasteiger charge is -2.20. The minimum absolute atomic E-state index is 0.0585. The molecule has 0 aliphatic carbocycles. The first-order valence-corrected chi connectivity index (χ1v) is 10.0. The highest BCUT2D eigenvalue weighted by molar-refractivity contribution is 7.13. The minimum atomic E-state index is -0.782. The monoisotopic (exact) mass is 428 g/mol. The molecule has 0 saturated carbocycles. The Kier molecular flexibility index (Phi) is 6.41. The number of anilines is 2. The van der Waals surface area contributed by atoms with E-state index in [1.54, 1.807) is 33.2 Å². The molecule has 0 spiro atoms.